The summed E-state index contributed by atoms with van der Waals surface area (Å²) in [5, 5.41) is 0. The van der Waals surface area contributed by atoms with E-state index in [4.69, 9.17) is 22.7 Å². The molecule has 100 valence electrons. The molecule has 0 atom stereocenters. The van der Waals surface area contributed by atoms with Crippen LogP contribution >= 0.6 is 17.0 Å². The fourth-order valence-corrected chi connectivity index (χ4v) is 6.07. The predicted molar refractivity (Wildman–Crippen MR) is 75.3 cm³/mol. The molecule has 0 bridgehead atoms. The molecule has 0 fully saturated rings. The van der Waals surface area contributed by atoms with Gasteiger partial charge in [0.15, 0.2) is 0 Å². The Kier molecular flexibility index (Phi) is 4.94. The Morgan fingerprint density at radius 2 is 1.11 bits per heavy atom. The van der Waals surface area contributed by atoms with Gasteiger partial charge in [-0.3, -0.25) is 0 Å². The van der Waals surface area contributed by atoms with Crippen molar-refractivity contribution in [2.75, 3.05) is 0 Å². The van der Waals surface area contributed by atoms with Crippen molar-refractivity contribution in [1.82, 2.24) is 0 Å². The quantitative estimate of drug-likeness (QED) is 0.743. The average molecular weight is 376 g/mol. The van der Waals surface area contributed by atoms with E-state index in [0.29, 0.717) is 11.5 Å². The molecule has 0 radical (unpaired) electrons. The van der Waals surface area contributed by atoms with E-state index in [1.54, 1.807) is 0 Å². The van der Waals surface area contributed by atoms with Crippen molar-refractivity contribution in [3.63, 3.8) is 0 Å². The third kappa shape index (κ3) is 4.24. The van der Waals surface area contributed by atoms with Gasteiger partial charge in [-0.05, 0) is 0 Å². The van der Waals surface area contributed by atoms with E-state index in [1.807, 2.05) is 62.4 Å². The molecular weight excluding hydrogens is 362 g/mol. The number of benzene rings is 2. The molecule has 0 N–H and O–H groups in total. The second kappa shape index (κ2) is 6.30. The zero-order valence-electron chi connectivity index (χ0n) is 10.7. The van der Waals surface area contributed by atoms with Crippen molar-refractivity contribution in [2.24, 2.45) is 0 Å². The summed E-state index contributed by atoms with van der Waals surface area (Å²) < 4.78 is 11.4. The van der Waals surface area contributed by atoms with Crippen LogP contribution in [0.15, 0.2) is 48.5 Å². The number of aryl methyl sites for hydroxylation is 2. The van der Waals surface area contributed by atoms with Gasteiger partial charge >= 0.3 is 126 Å². The molecule has 2 nitrogen and oxygen atoms in total. The summed E-state index contributed by atoms with van der Waals surface area (Å²) in [6.07, 6.45) is 0. The zero-order chi connectivity index (χ0) is 13.9. The van der Waals surface area contributed by atoms with Crippen LogP contribution in [0.25, 0.3) is 0 Å². The van der Waals surface area contributed by atoms with Crippen LogP contribution < -0.4 is 5.63 Å². The summed E-state index contributed by atoms with van der Waals surface area (Å²) >= 11 is -4.09. The second-order valence-electron chi connectivity index (χ2n) is 4.20. The van der Waals surface area contributed by atoms with Crippen molar-refractivity contribution in [3.8, 4) is 11.5 Å². The van der Waals surface area contributed by atoms with Crippen LogP contribution in [0.2, 0.25) is 0 Å². The fraction of sp³-hybridized carbons (Fsp3) is 0.143. The molecule has 2 aromatic carbocycles. The Bertz CT molecular complexity index is 523. The van der Waals surface area contributed by atoms with Gasteiger partial charge in [0.2, 0.25) is 0 Å². The molecule has 0 saturated carbocycles. The summed E-state index contributed by atoms with van der Waals surface area (Å²) in [7, 11) is 12.6. The fourth-order valence-electron chi connectivity index (χ4n) is 1.62. The summed E-state index contributed by atoms with van der Waals surface area (Å²) in [5.41, 5.74) is 1.97. The molecule has 2 rings (SSSR count). The van der Waals surface area contributed by atoms with Gasteiger partial charge in [0, 0.05) is 0 Å². The van der Waals surface area contributed by atoms with Crippen molar-refractivity contribution >= 4 is 17.0 Å². The van der Waals surface area contributed by atoms with Crippen LogP contribution in [-0.4, -0.2) is 0 Å². The third-order valence-corrected chi connectivity index (χ3v) is 6.72. The Morgan fingerprint density at radius 1 is 0.737 bits per heavy atom. The van der Waals surface area contributed by atoms with Crippen LogP contribution in [0, 0.1) is 13.8 Å². The number of rotatable bonds is 4. The molecule has 5 heteroatoms. The maximum atomic E-state index is 6.28. The number of hydrogen-bond acceptors (Lipinski definition) is 2. The Balaban J connectivity index is 2.15. The molecule has 0 amide bonds. The molecule has 0 unspecified atom stereocenters. The molecule has 0 heterocycles. The van der Waals surface area contributed by atoms with Gasteiger partial charge < -0.3 is 0 Å². The summed E-state index contributed by atoms with van der Waals surface area (Å²) in [6, 6.07) is 15.2. The van der Waals surface area contributed by atoms with Crippen LogP contribution in [-0.2, 0) is 18.8 Å². The van der Waals surface area contributed by atoms with E-state index in [9.17, 15) is 0 Å². The monoisotopic (exact) mass is 374 g/mol. The van der Waals surface area contributed by atoms with Crippen LogP contribution in [0.5, 0.6) is 11.5 Å². The standard InChI is InChI=1S/2C7H8O.2ClH.Zr/c2*1-6-4-2-3-5-7(6)8;;;/h2*2-5,8H,1H3;2*1H;/q;;;;+4/p-4. The number of halogens is 2. The summed E-state index contributed by atoms with van der Waals surface area (Å²) in [5.74, 6) is 1.36. The van der Waals surface area contributed by atoms with Gasteiger partial charge in [0.1, 0.15) is 0 Å². The van der Waals surface area contributed by atoms with Crippen molar-refractivity contribution in [1.29, 1.82) is 0 Å². The molecule has 0 aliphatic heterocycles. The molecule has 0 spiro atoms. The van der Waals surface area contributed by atoms with Crippen molar-refractivity contribution in [2.45, 2.75) is 13.8 Å². The van der Waals surface area contributed by atoms with Crippen molar-refractivity contribution in [3.05, 3.63) is 59.7 Å². The van der Waals surface area contributed by atoms with E-state index in [2.05, 4.69) is 0 Å². The SMILES string of the molecule is Cc1ccccc1[O][Zr]([Cl])([Cl])[O]c1ccccc1C. The summed E-state index contributed by atoms with van der Waals surface area (Å²) in [6.45, 7) is 3.89. The molecule has 0 aromatic heterocycles. The predicted octanol–water partition coefficient (Wildman–Crippen LogP) is 5.05. The average Bonchev–Trinajstić information content (AvgIpc) is 2.35. The van der Waals surface area contributed by atoms with Gasteiger partial charge in [0.05, 0.1) is 0 Å². The van der Waals surface area contributed by atoms with E-state index in [1.165, 1.54) is 0 Å². The van der Waals surface area contributed by atoms with Crippen LogP contribution in [0.4, 0.5) is 0 Å². The maximum absolute atomic E-state index is 6.28. The van der Waals surface area contributed by atoms with Gasteiger partial charge in [0.25, 0.3) is 0 Å². The van der Waals surface area contributed by atoms with Gasteiger partial charge in [-0.15, -0.1) is 0 Å². The molecule has 0 saturated heterocycles. The molecule has 19 heavy (non-hydrogen) atoms. The first-order chi connectivity index (χ1) is 8.98. The first-order valence-corrected chi connectivity index (χ1v) is 14.2. The minimum atomic E-state index is -4.09. The van der Waals surface area contributed by atoms with Crippen LogP contribution in [0.1, 0.15) is 11.1 Å². The van der Waals surface area contributed by atoms with Crippen molar-refractivity contribution < 1.29 is 24.4 Å². The van der Waals surface area contributed by atoms with E-state index in [0.717, 1.165) is 11.1 Å². The van der Waals surface area contributed by atoms with Crippen LogP contribution in [0.3, 0.4) is 0 Å². The Morgan fingerprint density at radius 3 is 1.47 bits per heavy atom. The first-order valence-electron chi connectivity index (χ1n) is 5.85. The molecule has 0 aliphatic carbocycles. The van der Waals surface area contributed by atoms with E-state index in [-0.39, 0.29) is 0 Å². The Hall–Kier alpha value is -0.497. The van der Waals surface area contributed by atoms with Gasteiger partial charge in [-0.25, -0.2) is 0 Å². The normalized spacial score (nSPS) is 11.2. The van der Waals surface area contributed by atoms with E-state index < -0.39 is 18.8 Å². The topological polar surface area (TPSA) is 18.5 Å². The zero-order valence-corrected chi connectivity index (χ0v) is 14.7. The molecular formula is C14H14Cl2O2Zr. The second-order valence-corrected chi connectivity index (χ2v) is 14.5. The van der Waals surface area contributed by atoms with Gasteiger partial charge in [-0.2, -0.15) is 0 Å². The third-order valence-electron chi connectivity index (χ3n) is 2.64. The molecule has 2 aromatic rings. The van der Waals surface area contributed by atoms with Gasteiger partial charge in [-0.1, -0.05) is 0 Å². The first kappa shape index (κ1) is 14.9. The molecule has 0 aliphatic rings. The summed E-state index contributed by atoms with van der Waals surface area (Å²) in [4.78, 5) is 0. The number of hydrogen-bond donors (Lipinski definition) is 0. The van der Waals surface area contributed by atoms with E-state index >= 15 is 0 Å². The minimum absolute atomic E-state index is 0.678. The Labute approximate surface area is 126 Å². The number of para-hydroxylation sites is 2.